The van der Waals surface area contributed by atoms with Gasteiger partial charge in [0.1, 0.15) is 0 Å². The molecule has 0 spiro atoms. The van der Waals surface area contributed by atoms with Gasteiger partial charge in [0.25, 0.3) is 0 Å². The third-order valence-corrected chi connectivity index (χ3v) is 3.15. The summed E-state index contributed by atoms with van der Waals surface area (Å²) in [7, 11) is 0. The second-order valence-electron chi connectivity index (χ2n) is 5.14. The second kappa shape index (κ2) is 4.52. The van der Waals surface area contributed by atoms with Crippen LogP contribution in [0.1, 0.15) is 33.6 Å². The van der Waals surface area contributed by atoms with E-state index in [4.69, 9.17) is 11.6 Å². The van der Waals surface area contributed by atoms with E-state index >= 15 is 0 Å². The van der Waals surface area contributed by atoms with Crippen LogP contribution in [-0.2, 0) is 4.79 Å². The molecule has 3 heteroatoms. The minimum atomic E-state index is 0.121. The van der Waals surface area contributed by atoms with Gasteiger partial charge < -0.3 is 5.32 Å². The quantitative estimate of drug-likeness (QED) is 0.705. The maximum absolute atomic E-state index is 11.5. The average Bonchev–Trinajstić information content (AvgIpc) is 2.79. The summed E-state index contributed by atoms with van der Waals surface area (Å²) in [4.78, 5) is 11.5. The topological polar surface area (TPSA) is 29.1 Å². The lowest BCUT2D eigenvalue weighted by atomic mass is 9.90. The Kier molecular flexibility index (Phi) is 3.82. The predicted molar refractivity (Wildman–Crippen MR) is 59.4 cm³/mol. The van der Waals surface area contributed by atoms with E-state index in [0.29, 0.717) is 11.8 Å². The third kappa shape index (κ3) is 3.49. The maximum atomic E-state index is 11.5. The van der Waals surface area contributed by atoms with Crippen LogP contribution in [0.4, 0.5) is 0 Å². The Morgan fingerprint density at radius 1 is 1.57 bits per heavy atom. The first kappa shape index (κ1) is 11.8. The summed E-state index contributed by atoms with van der Waals surface area (Å²) >= 11 is 5.69. The molecule has 0 aromatic carbocycles. The highest BCUT2D eigenvalue weighted by molar-refractivity contribution is 6.17. The van der Waals surface area contributed by atoms with Crippen LogP contribution in [-0.4, -0.2) is 18.3 Å². The highest BCUT2D eigenvalue weighted by atomic mass is 35.5. The number of carbonyl (C=O) groups is 1. The lowest BCUT2D eigenvalue weighted by Gasteiger charge is -2.23. The summed E-state index contributed by atoms with van der Waals surface area (Å²) in [5.74, 6) is 1.75. The Labute approximate surface area is 91.4 Å². The number of hydrogen-bond donors (Lipinski definition) is 1. The molecule has 0 saturated heterocycles. The zero-order valence-electron chi connectivity index (χ0n) is 9.27. The van der Waals surface area contributed by atoms with Crippen molar-refractivity contribution < 1.29 is 4.79 Å². The first-order valence-corrected chi connectivity index (χ1v) is 5.83. The SMILES string of the molecule is CC1CC1C(=O)NCC(C)(C)CCCl. The lowest BCUT2D eigenvalue weighted by Crippen LogP contribution is -2.35. The molecular formula is C11H20ClNO. The van der Waals surface area contributed by atoms with Gasteiger partial charge in [-0.25, -0.2) is 0 Å². The molecule has 2 atom stereocenters. The van der Waals surface area contributed by atoms with Crippen LogP contribution in [0, 0.1) is 17.3 Å². The number of nitrogens with one attached hydrogen (secondary N) is 1. The van der Waals surface area contributed by atoms with Crippen LogP contribution >= 0.6 is 11.6 Å². The van der Waals surface area contributed by atoms with E-state index in [9.17, 15) is 4.79 Å². The molecule has 0 bridgehead atoms. The Morgan fingerprint density at radius 2 is 2.14 bits per heavy atom. The molecule has 1 saturated carbocycles. The van der Waals surface area contributed by atoms with Gasteiger partial charge in [-0.05, 0) is 24.2 Å². The molecule has 1 aliphatic carbocycles. The number of carbonyl (C=O) groups excluding carboxylic acids is 1. The van der Waals surface area contributed by atoms with Crippen molar-refractivity contribution in [1.29, 1.82) is 0 Å². The molecule has 1 amide bonds. The summed E-state index contributed by atoms with van der Waals surface area (Å²) in [6.45, 7) is 7.12. The smallest absolute Gasteiger partial charge is 0.223 e. The van der Waals surface area contributed by atoms with Crippen LogP contribution in [0.3, 0.4) is 0 Å². The van der Waals surface area contributed by atoms with Crippen molar-refractivity contribution in [3.05, 3.63) is 0 Å². The first-order valence-electron chi connectivity index (χ1n) is 5.30. The van der Waals surface area contributed by atoms with Crippen LogP contribution in [0.15, 0.2) is 0 Å². The molecule has 0 aromatic rings. The average molecular weight is 218 g/mol. The van der Waals surface area contributed by atoms with Gasteiger partial charge in [-0.15, -0.1) is 11.6 Å². The molecule has 1 rings (SSSR count). The predicted octanol–water partition coefficient (Wildman–Crippen LogP) is 2.41. The van der Waals surface area contributed by atoms with Crippen molar-refractivity contribution in [3.8, 4) is 0 Å². The highest BCUT2D eigenvalue weighted by Crippen LogP contribution is 2.37. The van der Waals surface area contributed by atoms with E-state index in [2.05, 4.69) is 26.1 Å². The molecule has 1 fully saturated rings. The van der Waals surface area contributed by atoms with Crippen molar-refractivity contribution in [2.45, 2.75) is 33.6 Å². The summed E-state index contributed by atoms with van der Waals surface area (Å²) < 4.78 is 0. The van der Waals surface area contributed by atoms with Gasteiger partial charge in [-0.2, -0.15) is 0 Å². The van der Waals surface area contributed by atoms with E-state index in [0.717, 1.165) is 19.4 Å². The molecule has 82 valence electrons. The molecular weight excluding hydrogens is 198 g/mol. The van der Waals surface area contributed by atoms with Crippen LogP contribution in [0.25, 0.3) is 0 Å². The van der Waals surface area contributed by atoms with Gasteiger partial charge in [-0.3, -0.25) is 4.79 Å². The monoisotopic (exact) mass is 217 g/mol. The molecule has 2 nitrogen and oxygen atoms in total. The zero-order valence-corrected chi connectivity index (χ0v) is 10.0. The zero-order chi connectivity index (χ0) is 10.8. The van der Waals surface area contributed by atoms with Crippen molar-refractivity contribution in [3.63, 3.8) is 0 Å². The fourth-order valence-electron chi connectivity index (χ4n) is 1.49. The lowest BCUT2D eigenvalue weighted by molar-refractivity contribution is -0.123. The van der Waals surface area contributed by atoms with E-state index in [1.54, 1.807) is 0 Å². The molecule has 0 heterocycles. The maximum Gasteiger partial charge on any atom is 0.223 e. The van der Waals surface area contributed by atoms with E-state index < -0.39 is 0 Å². The Balaban J connectivity index is 2.22. The van der Waals surface area contributed by atoms with Gasteiger partial charge in [0.2, 0.25) is 5.91 Å². The Hall–Kier alpha value is -0.240. The van der Waals surface area contributed by atoms with E-state index in [1.807, 2.05) is 0 Å². The van der Waals surface area contributed by atoms with Crippen LogP contribution in [0.5, 0.6) is 0 Å². The first-order chi connectivity index (χ1) is 6.46. The van der Waals surface area contributed by atoms with Gasteiger partial charge >= 0.3 is 0 Å². The summed E-state index contributed by atoms with van der Waals surface area (Å²) in [5, 5.41) is 3.00. The molecule has 1 aliphatic rings. The standard InChI is InChI=1S/C11H20ClNO/c1-8-6-9(8)10(14)13-7-11(2,3)4-5-12/h8-9H,4-7H2,1-3H3,(H,13,14). The molecule has 0 radical (unpaired) electrons. The van der Waals surface area contributed by atoms with Gasteiger partial charge in [0, 0.05) is 18.3 Å². The minimum Gasteiger partial charge on any atom is -0.355 e. The van der Waals surface area contributed by atoms with Crippen LogP contribution < -0.4 is 5.32 Å². The number of alkyl halides is 1. The minimum absolute atomic E-state index is 0.121. The molecule has 1 N–H and O–H groups in total. The fourth-order valence-corrected chi connectivity index (χ4v) is 2.00. The van der Waals surface area contributed by atoms with Gasteiger partial charge in [0.15, 0.2) is 0 Å². The fraction of sp³-hybridized carbons (Fsp3) is 0.909. The molecule has 0 aromatic heterocycles. The Morgan fingerprint density at radius 3 is 2.57 bits per heavy atom. The van der Waals surface area contributed by atoms with Crippen molar-refractivity contribution in [2.24, 2.45) is 17.3 Å². The molecule has 14 heavy (non-hydrogen) atoms. The van der Waals surface area contributed by atoms with Crippen molar-refractivity contribution >= 4 is 17.5 Å². The Bertz CT molecular complexity index is 215. The van der Waals surface area contributed by atoms with E-state index in [-0.39, 0.29) is 17.2 Å². The number of halogens is 1. The highest BCUT2D eigenvalue weighted by Gasteiger charge is 2.39. The second-order valence-corrected chi connectivity index (χ2v) is 5.52. The molecule has 2 unspecified atom stereocenters. The summed E-state index contributed by atoms with van der Waals surface area (Å²) in [6, 6.07) is 0. The molecule has 0 aliphatic heterocycles. The largest absolute Gasteiger partial charge is 0.355 e. The number of amides is 1. The van der Waals surface area contributed by atoms with Crippen LogP contribution in [0.2, 0.25) is 0 Å². The van der Waals surface area contributed by atoms with Crippen molar-refractivity contribution in [1.82, 2.24) is 5.32 Å². The number of rotatable bonds is 5. The van der Waals surface area contributed by atoms with Gasteiger partial charge in [0.05, 0.1) is 0 Å². The van der Waals surface area contributed by atoms with E-state index in [1.165, 1.54) is 0 Å². The van der Waals surface area contributed by atoms with Crippen molar-refractivity contribution in [2.75, 3.05) is 12.4 Å². The van der Waals surface area contributed by atoms with Gasteiger partial charge in [-0.1, -0.05) is 20.8 Å². The summed E-state index contributed by atoms with van der Waals surface area (Å²) in [6.07, 6.45) is 2.00. The third-order valence-electron chi connectivity index (χ3n) is 2.96. The summed E-state index contributed by atoms with van der Waals surface area (Å²) in [5.41, 5.74) is 0.121. The normalized spacial score (nSPS) is 26.0. The number of hydrogen-bond acceptors (Lipinski definition) is 1.